The standard InChI is InChI=1S/C34H38N4O5/c1-42-20-22-2-4-23(15-22)30-9-5-24-14-21(3-8-29(24)35-30)17-37-13-12-27(19-37)43-26-6-7-28-25(16-26)18-38(34(28)41)31-10-11-32(39)36-33(31)40/h3,5-9,14,16,22-23,27,31H,2,4,10-13,15,17-20H2,1H3,(H,36,39,40)/t22-,23-,27+,31?/m1/s1. The first-order chi connectivity index (χ1) is 20.9. The summed E-state index contributed by atoms with van der Waals surface area (Å²) in [5, 5.41) is 3.53. The van der Waals surface area contributed by atoms with Gasteiger partial charge >= 0.3 is 0 Å². The highest BCUT2D eigenvalue weighted by Gasteiger charge is 2.39. The summed E-state index contributed by atoms with van der Waals surface area (Å²) in [6, 6.07) is 16.0. The number of benzene rings is 2. The lowest BCUT2D eigenvalue weighted by atomic mass is 10.00. The molecule has 1 N–H and O–H groups in total. The van der Waals surface area contributed by atoms with Gasteiger partial charge in [-0.1, -0.05) is 12.1 Å². The number of ether oxygens (including phenoxy) is 2. The summed E-state index contributed by atoms with van der Waals surface area (Å²) in [7, 11) is 1.79. The minimum atomic E-state index is -0.612. The molecule has 1 aliphatic carbocycles. The van der Waals surface area contributed by atoms with E-state index in [4.69, 9.17) is 14.5 Å². The van der Waals surface area contributed by atoms with E-state index >= 15 is 0 Å². The summed E-state index contributed by atoms with van der Waals surface area (Å²) in [6.45, 7) is 3.84. The fourth-order valence-corrected chi connectivity index (χ4v) is 7.36. The number of piperidine rings is 1. The third-order valence-corrected chi connectivity index (χ3v) is 9.57. The van der Waals surface area contributed by atoms with Crippen molar-refractivity contribution in [2.24, 2.45) is 5.92 Å². The summed E-state index contributed by atoms with van der Waals surface area (Å²) in [6.07, 6.45) is 5.17. The highest BCUT2D eigenvalue weighted by Crippen LogP contribution is 2.38. The highest BCUT2D eigenvalue weighted by molar-refractivity contribution is 6.05. The number of nitrogens with zero attached hydrogens (tertiary/aromatic N) is 3. The Bertz CT molecular complexity index is 1570. The molecule has 4 heterocycles. The molecule has 2 saturated heterocycles. The molecule has 0 spiro atoms. The van der Waals surface area contributed by atoms with Gasteiger partial charge < -0.3 is 14.4 Å². The van der Waals surface area contributed by atoms with Gasteiger partial charge in [0.2, 0.25) is 11.8 Å². The number of imide groups is 1. The summed E-state index contributed by atoms with van der Waals surface area (Å²) >= 11 is 0. The number of nitrogens with one attached hydrogen (secondary N) is 1. The molecule has 0 radical (unpaired) electrons. The van der Waals surface area contributed by atoms with Crippen LogP contribution in [0.2, 0.25) is 0 Å². The van der Waals surface area contributed by atoms with Crippen molar-refractivity contribution < 1.29 is 23.9 Å². The third-order valence-electron chi connectivity index (χ3n) is 9.57. The second-order valence-corrected chi connectivity index (χ2v) is 12.6. The number of carbonyl (C=O) groups excluding carboxylic acids is 3. The molecule has 4 atom stereocenters. The Balaban J connectivity index is 0.946. The summed E-state index contributed by atoms with van der Waals surface area (Å²) in [5.74, 6) is 1.07. The van der Waals surface area contributed by atoms with E-state index in [1.165, 1.54) is 29.5 Å². The van der Waals surface area contributed by atoms with Gasteiger partial charge in [-0.15, -0.1) is 0 Å². The van der Waals surface area contributed by atoms with Crippen LogP contribution in [0.25, 0.3) is 10.9 Å². The van der Waals surface area contributed by atoms with Crippen molar-refractivity contribution >= 4 is 28.6 Å². The fourth-order valence-electron chi connectivity index (χ4n) is 7.36. The molecule has 3 aromatic rings. The number of likely N-dealkylation sites (tertiary alicyclic amines) is 1. The Labute approximate surface area is 251 Å². The molecule has 3 aliphatic heterocycles. The summed E-state index contributed by atoms with van der Waals surface area (Å²) in [4.78, 5) is 45.9. The Hall–Kier alpha value is -3.82. The van der Waals surface area contributed by atoms with Gasteiger partial charge in [0.25, 0.3) is 5.91 Å². The van der Waals surface area contributed by atoms with Gasteiger partial charge in [0.05, 0.1) is 5.52 Å². The average molecular weight is 583 g/mol. The van der Waals surface area contributed by atoms with Crippen molar-refractivity contribution in [3.8, 4) is 5.75 Å². The van der Waals surface area contributed by atoms with E-state index in [0.717, 1.165) is 55.9 Å². The first-order valence-corrected chi connectivity index (χ1v) is 15.5. The van der Waals surface area contributed by atoms with Gasteiger partial charge in [0, 0.05) is 68.9 Å². The monoisotopic (exact) mass is 582 g/mol. The quantitative estimate of drug-likeness (QED) is 0.398. The van der Waals surface area contributed by atoms with Gasteiger partial charge in [-0.3, -0.25) is 29.6 Å². The van der Waals surface area contributed by atoms with Crippen LogP contribution >= 0.6 is 0 Å². The molecule has 2 aromatic carbocycles. The number of pyridine rings is 1. The van der Waals surface area contributed by atoms with Crippen molar-refractivity contribution in [1.29, 1.82) is 0 Å². The number of amides is 3. The topological polar surface area (TPSA) is 101 Å². The summed E-state index contributed by atoms with van der Waals surface area (Å²) in [5.41, 5.74) is 5.00. The lowest BCUT2D eigenvalue weighted by molar-refractivity contribution is -0.136. The minimum Gasteiger partial charge on any atom is -0.489 e. The summed E-state index contributed by atoms with van der Waals surface area (Å²) < 4.78 is 11.7. The molecule has 43 heavy (non-hydrogen) atoms. The van der Waals surface area contributed by atoms with Crippen LogP contribution in [0, 0.1) is 5.92 Å². The first kappa shape index (κ1) is 28.0. The van der Waals surface area contributed by atoms with Crippen LogP contribution in [0.1, 0.15) is 71.6 Å². The minimum absolute atomic E-state index is 0.0689. The van der Waals surface area contributed by atoms with Gasteiger partial charge in [-0.2, -0.15) is 0 Å². The van der Waals surface area contributed by atoms with E-state index in [1.807, 2.05) is 12.1 Å². The van der Waals surface area contributed by atoms with E-state index in [-0.39, 0.29) is 24.3 Å². The number of fused-ring (bicyclic) bond motifs is 2. The van der Waals surface area contributed by atoms with E-state index < -0.39 is 11.9 Å². The normalized spacial score (nSPS) is 25.9. The largest absolute Gasteiger partial charge is 0.489 e. The average Bonchev–Trinajstić information content (AvgIpc) is 3.73. The number of hydrogen-bond donors (Lipinski definition) is 1. The van der Waals surface area contributed by atoms with Crippen molar-refractivity contribution in [2.75, 3.05) is 26.8 Å². The van der Waals surface area contributed by atoms with Crippen molar-refractivity contribution in [3.05, 3.63) is 70.9 Å². The molecule has 1 aromatic heterocycles. The molecule has 3 amide bonds. The van der Waals surface area contributed by atoms with Crippen LogP contribution in [0.15, 0.2) is 48.5 Å². The molecule has 224 valence electrons. The van der Waals surface area contributed by atoms with Crippen LogP contribution < -0.4 is 10.1 Å². The predicted octanol–water partition coefficient (Wildman–Crippen LogP) is 4.18. The Morgan fingerprint density at radius 2 is 1.91 bits per heavy atom. The second kappa shape index (κ2) is 11.7. The van der Waals surface area contributed by atoms with Crippen LogP contribution in [0.4, 0.5) is 0 Å². The van der Waals surface area contributed by atoms with Crippen molar-refractivity contribution in [1.82, 2.24) is 20.1 Å². The number of aromatic nitrogens is 1. The van der Waals surface area contributed by atoms with Crippen LogP contribution in [-0.2, 0) is 27.4 Å². The maximum Gasteiger partial charge on any atom is 0.255 e. The number of rotatable bonds is 8. The van der Waals surface area contributed by atoms with Gasteiger partial charge in [0.15, 0.2) is 0 Å². The van der Waals surface area contributed by atoms with Gasteiger partial charge in [-0.25, -0.2) is 0 Å². The molecule has 9 heteroatoms. The zero-order valence-electron chi connectivity index (χ0n) is 24.6. The van der Waals surface area contributed by atoms with E-state index in [2.05, 4.69) is 40.5 Å². The zero-order valence-corrected chi connectivity index (χ0v) is 24.6. The molecular formula is C34H38N4O5. The van der Waals surface area contributed by atoms with Crippen LogP contribution in [-0.4, -0.2) is 71.5 Å². The Kier molecular flexibility index (Phi) is 7.61. The lowest BCUT2D eigenvalue weighted by Gasteiger charge is -2.29. The third kappa shape index (κ3) is 5.76. The maximum absolute atomic E-state index is 13.0. The molecule has 1 saturated carbocycles. The molecular weight excluding hydrogens is 544 g/mol. The molecule has 7 rings (SSSR count). The molecule has 4 aliphatic rings. The molecule has 9 nitrogen and oxygen atoms in total. The van der Waals surface area contributed by atoms with Crippen molar-refractivity contribution in [3.63, 3.8) is 0 Å². The predicted molar refractivity (Wildman–Crippen MR) is 160 cm³/mol. The number of methoxy groups -OCH3 is 1. The second-order valence-electron chi connectivity index (χ2n) is 12.6. The Morgan fingerprint density at radius 1 is 1.00 bits per heavy atom. The van der Waals surface area contributed by atoms with Gasteiger partial charge in [0.1, 0.15) is 17.9 Å². The SMILES string of the molecule is COC[C@@H]1CC[C@@H](c2ccc3cc(CN4CC[C@H](Oc5ccc6c(c5)CN(C5CCC(=O)NC5=O)C6=O)C4)ccc3n2)C1. The molecule has 0 bridgehead atoms. The maximum atomic E-state index is 13.0. The number of carbonyl (C=O) groups is 3. The zero-order chi connectivity index (χ0) is 29.5. The van der Waals surface area contributed by atoms with E-state index in [0.29, 0.717) is 30.4 Å². The van der Waals surface area contributed by atoms with Gasteiger partial charge in [-0.05, 0) is 85.5 Å². The molecule has 3 fully saturated rings. The van der Waals surface area contributed by atoms with E-state index in [1.54, 1.807) is 18.1 Å². The Morgan fingerprint density at radius 3 is 2.77 bits per heavy atom. The smallest absolute Gasteiger partial charge is 0.255 e. The molecule has 1 unspecified atom stereocenters. The first-order valence-electron chi connectivity index (χ1n) is 15.5. The highest BCUT2D eigenvalue weighted by atomic mass is 16.5. The lowest BCUT2D eigenvalue weighted by Crippen LogP contribution is -2.52. The van der Waals surface area contributed by atoms with Crippen molar-refractivity contribution in [2.45, 2.75) is 69.7 Å². The number of hydrogen-bond acceptors (Lipinski definition) is 7. The van der Waals surface area contributed by atoms with E-state index in [9.17, 15) is 14.4 Å². The van der Waals surface area contributed by atoms with Crippen LogP contribution in [0.3, 0.4) is 0 Å². The fraction of sp³-hybridized carbons (Fsp3) is 0.471. The van der Waals surface area contributed by atoms with Crippen LogP contribution in [0.5, 0.6) is 5.75 Å².